The van der Waals surface area contributed by atoms with Crippen LogP contribution in [0.4, 0.5) is 0 Å². The van der Waals surface area contributed by atoms with E-state index in [2.05, 4.69) is 0 Å². The summed E-state index contributed by atoms with van der Waals surface area (Å²) in [7, 11) is -8.27. The van der Waals surface area contributed by atoms with Crippen LogP contribution in [0.3, 0.4) is 0 Å². The smallest absolute Gasteiger partial charge is 0.320 e. The number of hydrogen-bond donors (Lipinski definition) is 3. The summed E-state index contributed by atoms with van der Waals surface area (Å²) in [6, 6.07) is -0.863. The molecule has 11 heteroatoms. The van der Waals surface area contributed by atoms with Gasteiger partial charge in [0.15, 0.2) is 0 Å². The Balaban J connectivity index is 4.82. The Hall–Kier alpha value is -0.750. The maximum absolute atomic E-state index is 11.4. The fourth-order valence-corrected chi connectivity index (χ4v) is 3.17. The predicted molar refractivity (Wildman–Crippen MR) is 84.6 cm³/mol. The monoisotopic (exact) mass is 375 g/mol. The molecule has 0 aromatic carbocycles. The molecule has 0 aromatic heterocycles. The van der Waals surface area contributed by atoms with Crippen LogP contribution in [-0.2, 0) is 25.0 Å². The summed E-state index contributed by atoms with van der Waals surface area (Å²) in [6.45, 7) is 2.08. The van der Waals surface area contributed by atoms with Crippen LogP contribution in [0.5, 0.6) is 0 Å². The van der Waals surface area contributed by atoms with Gasteiger partial charge in [0.1, 0.15) is 6.04 Å². The number of hydrogen-bond acceptors (Lipinski definition) is 6. The molecule has 23 heavy (non-hydrogen) atoms. The number of rotatable bonds is 13. The molecule has 0 saturated heterocycles. The Kier molecular flexibility index (Phi) is 9.85. The van der Waals surface area contributed by atoms with Crippen LogP contribution in [0, 0.1) is 0 Å². The minimum atomic E-state index is -4.14. The van der Waals surface area contributed by atoms with E-state index < -0.39 is 43.8 Å². The molecule has 0 aliphatic carbocycles. The van der Waals surface area contributed by atoms with Crippen molar-refractivity contribution in [3.8, 4) is 0 Å². The third-order valence-electron chi connectivity index (χ3n) is 3.25. The van der Waals surface area contributed by atoms with Crippen LogP contribution in [0.25, 0.3) is 0 Å². The molecule has 0 bridgehead atoms. The van der Waals surface area contributed by atoms with Gasteiger partial charge in [-0.2, -0.15) is 16.8 Å². The Morgan fingerprint density at radius 2 is 1.39 bits per heavy atom. The molecule has 0 saturated carbocycles. The summed E-state index contributed by atoms with van der Waals surface area (Å²) in [5.74, 6) is -2.07. The molecular formula is C12H25NO8S2. The lowest BCUT2D eigenvalue weighted by molar-refractivity contribution is -0.143. The Bertz CT molecular complexity index is 520. The van der Waals surface area contributed by atoms with Crippen LogP contribution < -0.4 is 0 Å². The Labute approximate surface area is 137 Å². The van der Waals surface area contributed by atoms with E-state index in [1.807, 2.05) is 6.92 Å². The van der Waals surface area contributed by atoms with Crippen molar-refractivity contribution in [1.82, 2.24) is 4.90 Å². The molecule has 0 aliphatic rings. The standard InChI is InChI=1S/C12H25NO8S2/c1-2-3-6-11(12(14)15)13(7-4-9-22(16,17)18)8-5-10-23(19,20)21/h11H,2-10H2,1H3,(H,14,15)(H,16,17,18)(H,19,20,21). The number of carbonyl (C=O) groups is 1. The molecule has 1 atom stereocenters. The minimum absolute atomic E-state index is 0.0284. The lowest BCUT2D eigenvalue weighted by Crippen LogP contribution is -2.43. The molecule has 0 aromatic rings. The van der Waals surface area contributed by atoms with E-state index in [4.69, 9.17) is 9.11 Å². The zero-order valence-electron chi connectivity index (χ0n) is 13.1. The SMILES string of the molecule is CCCCC(C(=O)O)N(CCCS(=O)(=O)O)CCCS(=O)(=O)O. The summed E-state index contributed by atoms with van der Waals surface area (Å²) in [4.78, 5) is 12.9. The second kappa shape index (κ2) is 10.2. The summed E-state index contributed by atoms with van der Waals surface area (Å²) in [6.07, 6.45) is 1.85. The molecule has 0 heterocycles. The molecule has 138 valence electrons. The van der Waals surface area contributed by atoms with Crippen molar-refractivity contribution < 1.29 is 35.8 Å². The molecule has 1 unspecified atom stereocenters. The van der Waals surface area contributed by atoms with E-state index in [1.54, 1.807) is 0 Å². The van der Waals surface area contributed by atoms with Crippen molar-refractivity contribution in [2.45, 2.75) is 45.1 Å². The topological polar surface area (TPSA) is 149 Å². The van der Waals surface area contributed by atoms with Gasteiger partial charge in [-0.25, -0.2) is 0 Å². The van der Waals surface area contributed by atoms with Crippen molar-refractivity contribution >= 4 is 26.2 Å². The van der Waals surface area contributed by atoms with Gasteiger partial charge in [-0.1, -0.05) is 19.8 Å². The van der Waals surface area contributed by atoms with Gasteiger partial charge < -0.3 is 5.11 Å². The molecule has 0 fully saturated rings. The second-order valence-corrected chi connectivity index (χ2v) is 8.46. The highest BCUT2D eigenvalue weighted by Crippen LogP contribution is 2.12. The second-order valence-electron chi connectivity index (χ2n) is 5.31. The first-order chi connectivity index (χ1) is 10.5. The zero-order chi connectivity index (χ0) is 18.1. The molecular weight excluding hydrogens is 350 g/mol. The molecule has 0 spiro atoms. The van der Waals surface area contributed by atoms with Crippen LogP contribution in [-0.4, -0.2) is 72.6 Å². The average Bonchev–Trinajstić information content (AvgIpc) is 2.35. The van der Waals surface area contributed by atoms with Gasteiger partial charge in [-0.05, 0) is 19.3 Å². The number of carboxylic acid groups (broad SMARTS) is 1. The zero-order valence-corrected chi connectivity index (χ0v) is 14.7. The van der Waals surface area contributed by atoms with Crippen molar-refractivity contribution in [2.24, 2.45) is 0 Å². The Morgan fingerprint density at radius 3 is 1.70 bits per heavy atom. The van der Waals surface area contributed by atoms with Crippen LogP contribution in [0.1, 0.15) is 39.0 Å². The van der Waals surface area contributed by atoms with Gasteiger partial charge in [-0.15, -0.1) is 0 Å². The van der Waals surface area contributed by atoms with E-state index in [0.717, 1.165) is 6.42 Å². The molecule has 0 rings (SSSR count). The maximum atomic E-state index is 11.4. The van der Waals surface area contributed by atoms with Gasteiger partial charge >= 0.3 is 5.97 Å². The van der Waals surface area contributed by atoms with Crippen LogP contribution >= 0.6 is 0 Å². The largest absolute Gasteiger partial charge is 0.480 e. The number of unbranched alkanes of at least 4 members (excludes halogenated alkanes) is 1. The number of carboxylic acids is 1. The van der Waals surface area contributed by atoms with E-state index >= 15 is 0 Å². The van der Waals surface area contributed by atoms with Crippen molar-refractivity contribution in [3.63, 3.8) is 0 Å². The van der Waals surface area contributed by atoms with Gasteiger partial charge in [0.25, 0.3) is 20.2 Å². The first-order valence-electron chi connectivity index (χ1n) is 7.33. The molecule has 3 N–H and O–H groups in total. The normalized spacial score (nSPS) is 14.1. The van der Waals surface area contributed by atoms with Crippen LogP contribution in [0.2, 0.25) is 0 Å². The summed E-state index contributed by atoms with van der Waals surface area (Å²) in [5, 5.41) is 9.31. The van der Waals surface area contributed by atoms with Gasteiger partial charge in [0.05, 0.1) is 11.5 Å². The van der Waals surface area contributed by atoms with E-state index in [9.17, 15) is 26.7 Å². The predicted octanol–water partition coefficient (Wildman–Crippen LogP) is 0.488. The highest BCUT2D eigenvalue weighted by Gasteiger charge is 2.25. The first kappa shape index (κ1) is 22.2. The minimum Gasteiger partial charge on any atom is -0.480 e. The van der Waals surface area contributed by atoms with Crippen molar-refractivity contribution in [3.05, 3.63) is 0 Å². The summed E-state index contributed by atoms with van der Waals surface area (Å²) in [5.41, 5.74) is 0. The summed E-state index contributed by atoms with van der Waals surface area (Å²) >= 11 is 0. The molecule has 9 nitrogen and oxygen atoms in total. The number of aliphatic carboxylic acids is 1. The third kappa shape index (κ3) is 12.4. The van der Waals surface area contributed by atoms with Crippen molar-refractivity contribution in [1.29, 1.82) is 0 Å². The van der Waals surface area contributed by atoms with Gasteiger partial charge in [0.2, 0.25) is 0 Å². The van der Waals surface area contributed by atoms with Crippen molar-refractivity contribution in [2.75, 3.05) is 24.6 Å². The quantitative estimate of drug-likeness (QED) is 0.391. The average molecular weight is 375 g/mol. The van der Waals surface area contributed by atoms with E-state index in [1.165, 1.54) is 4.90 Å². The third-order valence-corrected chi connectivity index (χ3v) is 4.86. The Morgan fingerprint density at radius 1 is 0.957 bits per heavy atom. The number of nitrogens with zero attached hydrogens (tertiary/aromatic N) is 1. The maximum Gasteiger partial charge on any atom is 0.320 e. The molecule has 0 radical (unpaired) electrons. The van der Waals surface area contributed by atoms with Crippen LogP contribution in [0.15, 0.2) is 0 Å². The molecule has 0 aliphatic heterocycles. The fourth-order valence-electron chi connectivity index (χ4n) is 2.18. The van der Waals surface area contributed by atoms with E-state index in [0.29, 0.717) is 12.8 Å². The summed E-state index contributed by atoms with van der Waals surface area (Å²) < 4.78 is 60.4. The fraction of sp³-hybridized carbons (Fsp3) is 0.917. The molecule has 0 amide bonds. The van der Waals surface area contributed by atoms with Gasteiger partial charge in [0, 0.05) is 13.1 Å². The highest BCUT2D eigenvalue weighted by atomic mass is 32.2. The lowest BCUT2D eigenvalue weighted by atomic mass is 10.1. The first-order valence-corrected chi connectivity index (χ1v) is 10.5. The lowest BCUT2D eigenvalue weighted by Gasteiger charge is -2.28. The highest BCUT2D eigenvalue weighted by molar-refractivity contribution is 7.86. The van der Waals surface area contributed by atoms with E-state index in [-0.39, 0.29) is 25.9 Å². The van der Waals surface area contributed by atoms with Gasteiger partial charge in [-0.3, -0.25) is 18.8 Å².